The van der Waals surface area contributed by atoms with E-state index in [1.54, 1.807) is 10.9 Å². The van der Waals surface area contributed by atoms with E-state index in [1.165, 1.54) is 5.56 Å². The minimum Gasteiger partial charge on any atom is -0.468 e. The Hall–Kier alpha value is -3.39. The Labute approximate surface area is 219 Å². The van der Waals surface area contributed by atoms with Crippen molar-refractivity contribution in [1.82, 2.24) is 14.7 Å². The molecule has 0 aliphatic heterocycles. The molecule has 1 atom stereocenters. The molecule has 1 N–H and O–H groups in total. The molecule has 0 bridgehead atoms. The highest BCUT2D eigenvalue weighted by Crippen LogP contribution is 2.34. The number of aryl methyl sites for hydroxylation is 2. The lowest BCUT2D eigenvalue weighted by molar-refractivity contribution is 0.00453. The van der Waals surface area contributed by atoms with Gasteiger partial charge in [0.15, 0.2) is 0 Å². The molecular formula is C30H37N3O4. The molecule has 4 rings (SSSR count). The zero-order chi connectivity index (χ0) is 26.2. The third kappa shape index (κ3) is 7.55. The molecule has 196 valence electrons. The molecule has 0 saturated heterocycles. The summed E-state index contributed by atoms with van der Waals surface area (Å²) in [5, 5.41) is 15.7. The number of aromatic nitrogens is 2. The van der Waals surface area contributed by atoms with E-state index in [4.69, 9.17) is 19.0 Å². The summed E-state index contributed by atoms with van der Waals surface area (Å²) in [5.74, 6) is 2.64. The molecule has 0 spiro atoms. The van der Waals surface area contributed by atoms with E-state index >= 15 is 0 Å². The molecule has 7 heteroatoms. The van der Waals surface area contributed by atoms with Crippen LogP contribution in [-0.2, 0) is 24.9 Å². The molecule has 2 heterocycles. The Bertz CT molecular complexity index is 1220. The smallest absolute Gasteiger partial charge is 0.222 e. The summed E-state index contributed by atoms with van der Waals surface area (Å²) in [5.41, 5.74) is 3.96. The van der Waals surface area contributed by atoms with E-state index in [0.29, 0.717) is 38.0 Å². The lowest BCUT2D eigenvalue weighted by Gasteiger charge is -2.25. The van der Waals surface area contributed by atoms with Crippen LogP contribution in [-0.4, -0.2) is 45.6 Å². The molecular weight excluding hydrogens is 466 g/mol. The molecule has 0 aliphatic rings. The maximum absolute atomic E-state index is 10.8. The van der Waals surface area contributed by atoms with Gasteiger partial charge >= 0.3 is 0 Å². The van der Waals surface area contributed by atoms with Gasteiger partial charge in [0, 0.05) is 32.3 Å². The second kappa shape index (κ2) is 12.7. The fraction of sp³-hybridized carbons (Fsp3) is 0.367. The second-order valence-corrected chi connectivity index (χ2v) is 9.87. The van der Waals surface area contributed by atoms with E-state index < -0.39 is 6.10 Å². The average molecular weight is 504 g/mol. The number of aliphatic hydroxyl groups is 1. The van der Waals surface area contributed by atoms with Crippen LogP contribution in [0.3, 0.4) is 0 Å². The largest absolute Gasteiger partial charge is 0.468 e. The fourth-order valence-electron chi connectivity index (χ4n) is 4.19. The van der Waals surface area contributed by atoms with E-state index in [-0.39, 0.29) is 6.61 Å². The topological polar surface area (TPSA) is 72.9 Å². The molecule has 0 aliphatic carbocycles. The Morgan fingerprint density at radius 2 is 1.73 bits per heavy atom. The minimum atomic E-state index is -0.646. The van der Waals surface area contributed by atoms with Crippen LogP contribution < -0.4 is 4.74 Å². The lowest BCUT2D eigenvalue weighted by atomic mass is 10.1. The van der Waals surface area contributed by atoms with Crippen LogP contribution in [0.25, 0.3) is 11.3 Å². The van der Waals surface area contributed by atoms with Gasteiger partial charge in [0.05, 0.1) is 31.1 Å². The molecule has 37 heavy (non-hydrogen) atoms. The standard InChI is InChI=1S/C30H37N3O4/c1-22(2)20-35-21-25(34)17-33(18-27-11-8-16-36-27)19-28-29(24-9-6-5-7-10-24)31-32(4)30(28)37-26-14-12-23(3)13-15-26/h5-16,22,25,34H,17-21H2,1-4H3. The maximum atomic E-state index is 10.8. The molecule has 1 unspecified atom stereocenters. The van der Waals surface area contributed by atoms with Crippen LogP contribution >= 0.6 is 0 Å². The van der Waals surface area contributed by atoms with Gasteiger partial charge in [0.1, 0.15) is 17.2 Å². The fourth-order valence-corrected chi connectivity index (χ4v) is 4.19. The van der Waals surface area contributed by atoms with E-state index in [1.807, 2.05) is 73.8 Å². The highest BCUT2D eigenvalue weighted by molar-refractivity contribution is 5.65. The van der Waals surface area contributed by atoms with Gasteiger partial charge in [-0.1, -0.05) is 61.9 Å². The summed E-state index contributed by atoms with van der Waals surface area (Å²) in [4.78, 5) is 2.15. The van der Waals surface area contributed by atoms with Crippen molar-refractivity contribution in [2.24, 2.45) is 13.0 Å². The summed E-state index contributed by atoms with van der Waals surface area (Å²) in [6.45, 7) is 8.57. The van der Waals surface area contributed by atoms with Crippen molar-refractivity contribution in [3.8, 4) is 22.9 Å². The number of rotatable bonds is 13. The molecule has 2 aromatic heterocycles. The highest BCUT2D eigenvalue weighted by Gasteiger charge is 2.24. The van der Waals surface area contributed by atoms with Gasteiger partial charge in [0.2, 0.25) is 5.88 Å². The van der Waals surface area contributed by atoms with Crippen molar-refractivity contribution in [2.75, 3.05) is 19.8 Å². The monoisotopic (exact) mass is 503 g/mol. The minimum absolute atomic E-state index is 0.276. The van der Waals surface area contributed by atoms with Crippen molar-refractivity contribution in [3.05, 3.63) is 89.9 Å². The Balaban J connectivity index is 1.65. The summed E-state index contributed by atoms with van der Waals surface area (Å²) < 4.78 is 19.5. The first-order valence-electron chi connectivity index (χ1n) is 12.8. The van der Waals surface area contributed by atoms with E-state index in [0.717, 1.165) is 28.3 Å². The molecule has 0 fully saturated rings. The predicted octanol–water partition coefficient (Wildman–Crippen LogP) is 5.82. The molecule has 0 amide bonds. The number of hydrogen-bond donors (Lipinski definition) is 1. The van der Waals surface area contributed by atoms with Gasteiger partial charge < -0.3 is 19.0 Å². The summed E-state index contributed by atoms with van der Waals surface area (Å²) in [7, 11) is 1.89. The highest BCUT2D eigenvalue weighted by atomic mass is 16.5. The number of nitrogens with zero attached hydrogens (tertiary/aromatic N) is 3. The summed E-state index contributed by atoms with van der Waals surface area (Å²) >= 11 is 0. The Morgan fingerprint density at radius 3 is 2.41 bits per heavy atom. The zero-order valence-corrected chi connectivity index (χ0v) is 22.1. The number of furan rings is 1. The van der Waals surface area contributed by atoms with Gasteiger partial charge in [0.25, 0.3) is 0 Å². The number of hydrogen-bond acceptors (Lipinski definition) is 6. The Morgan fingerprint density at radius 1 is 0.973 bits per heavy atom. The molecule has 7 nitrogen and oxygen atoms in total. The van der Waals surface area contributed by atoms with Gasteiger partial charge in [-0.2, -0.15) is 5.10 Å². The van der Waals surface area contributed by atoms with Crippen LogP contribution in [0.4, 0.5) is 0 Å². The lowest BCUT2D eigenvalue weighted by Crippen LogP contribution is -2.34. The number of ether oxygens (including phenoxy) is 2. The van der Waals surface area contributed by atoms with Crippen molar-refractivity contribution in [1.29, 1.82) is 0 Å². The van der Waals surface area contributed by atoms with Gasteiger partial charge in [-0.05, 0) is 37.1 Å². The van der Waals surface area contributed by atoms with Gasteiger partial charge in [-0.25, -0.2) is 4.68 Å². The first-order chi connectivity index (χ1) is 17.9. The second-order valence-electron chi connectivity index (χ2n) is 9.87. The average Bonchev–Trinajstić information content (AvgIpc) is 3.49. The van der Waals surface area contributed by atoms with E-state index in [9.17, 15) is 5.11 Å². The molecule has 2 aromatic carbocycles. The quantitative estimate of drug-likeness (QED) is 0.248. The molecule has 0 radical (unpaired) electrons. The third-order valence-corrected chi connectivity index (χ3v) is 5.94. The van der Waals surface area contributed by atoms with Crippen molar-refractivity contribution in [2.45, 2.75) is 40.0 Å². The molecule has 4 aromatic rings. The SMILES string of the molecule is Cc1ccc(Oc2c(CN(Cc3ccco3)CC(O)COCC(C)C)c(-c3ccccc3)nn2C)cc1. The van der Waals surface area contributed by atoms with Crippen LogP contribution in [0.2, 0.25) is 0 Å². The number of aliphatic hydroxyl groups excluding tert-OH is 1. The van der Waals surface area contributed by atoms with E-state index in [2.05, 4.69) is 25.7 Å². The van der Waals surface area contributed by atoms with Crippen LogP contribution in [0.15, 0.2) is 77.4 Å². The third-order valence-electron chi connectivity index (χ3n) is 5.94. The van der Waals surface area contributed by atoms with Gasteiger partial charge in [-0.3, -0.25) is 4.90 Å². The zero-order valence-electron chi connectivity index (χ0n) is 22.1. The van der Waals surface area contributed by atoms with Crippen molar-refractivity contribution >= 4 is 0 Å². The van der Waals surface area contributed by atoms with Gasteiger partial charge in [-0.15, -0.1) is 0 Å². The Kier molecular flexibility index (Phi) is 9.17. The van der Waals surface area contributed by atoms with Crippen molar-refractivity contribution < 1.29 is 19.0 Å². The molecule has 0 saturated carbocycles. The first-order valence-corrected chi connectivity index (χ1v) is 12.8. The van der Waals surface area contributed by atoms with Crippen LogP contribution in [0.1, 0.15) is 30.7 Å². The maximum Gasteiger partial charge on any atom is 0.222 e. The van der Waals surface area contributed by atoms with Crippen LogP contribution in [0.5, 0.6) is 11.6 Å². The number of benzene rings is 2. The summed E-state index contributed by atoms with van der Waals surface area (Å²) in [6, 6.07) is 21.9. The first kappa shape index (κ1) is 26.7. The summed E-state index contributed by atoms with van der Waals surface area (Å²) in [6.07, 6.45) is 1.02. The van der Waals surface area contributed by atoms with Crippen molar-refractivity contribution in [3.63, 3.8) is 0 Å². The normalized spacial score (nSPS) is 12.4. The van der Waals surface area contributed by atoms with Crippen LogP contribution in [0, 0.1) is 12.8 Å². The predicted molar refractivity (Wildman–Crippen MR) is 144 cm³/mol.